The third-order valence-corrected chi connectivity index (χ3v) is 11.4. The average Bonchev–Trinajstić information content (AvgIpc) is 3.38. The number of nitrogens with zero attached hydrogens (tertiary/aromatic N) is 4. The molecule has 0 bridgehead atoms. The Hall–Kier alpha value is -4.67. The van der Waals surface area contributed by atoms with E-state index in [1.54, 1.807) is 19.1 Å². The molecule has 1 saturated heterocycles. The lowest BCUT2D eigenvalue weighted by atomic mass is 9.84. The van der Waals surface area contributed by atoms with Crippen molar-refractivity contribution in [1.82, 2.24) is 14.5 Å². The summed E-state index contributed by atoms with van der Waals surface area (Å²) in [7, 11) is 4.61. The summed E-state index contributed by atoms with van der Waals surface area (Å²) in [6.07, 6.45) is -4.36. The lowest BCUT2D eigenvalue weighted by Gasteiger charge is -2.48. The van der Waals surface area contributed by atoms with Crippen molar-refractivity contribution in [2.24, 2.45) is 13.0 Å². The summed E-state index contributed by atoms with van der Waals surface area (Å²) in [6, 6.07) is 15.6. The number of halogens is 4. The molecule has 11 nitrogen and oxygen atoms in total. The van der Waals surface area contributed by atoms with Gasteiger partial charge in [-0.25, -0.2) is 9.37 Å². The number of imidazole rings is 1. The number of piperidine rings is 1. The molecule has 0 saturated carbocycles. The number of hydrogen-bond acceptors (Lipinski definition) is 7. The van der Waals surface area contributed by atoms with Gasteiger partial charge in [-0.15, -0.1) is 0 Å². The number of carboxylic acid groups (broad SMARTS) is 1. The quantitative estimate of drug-likeness (QED) is 0.153. The zero-order chi connectivity index (χ0) is 37.0. The van der Waals surface area contributed by atoms with Crippen LogP contribution in [0.5, 0.6) is 0 Å². The van der Waals surface area contributed by atoms with Gasteiger partial charge in [0.1, 0.15) is 11.6 Å². The van der Waals surface area contributed by atoms with Gasteiger partial charge >= 0.3 is 6.18 Å². The van der Waals surface area contributed by atoms with Gasteiger partial charge in [0.05, 0.1) is 53.0 Å². The van der Waals surface area contributed by atoms with E-state index in [9.17, 15) is 27.2 Å². The van der Waals surface area contributed by atoms with Crippen LogP contribution in [0.2, 0.25) is 0 Å². The predicted octanol–water partition coefficient (Wildman–Crippen LogP) is 6.67. The SMILES string of the molecule is COS(OC)(c1ccc2c(c1)nc(C)n2C)N(C)c1ccc(C2CC(C(=O)Nc3ccc(C(F)(F)F)cc3F)CN(C(C)=O)C2)cc1.O=CO. The van der Waals surface area contributed by atoms with Crippen molar-refractivity contribution in [3.8, 4) is 0 Å². The first-order valence-electron chi connectivity index (χ1n) is 15.3. The smallest absolute Gasteiger partial charge is 0.416 e. The second kappa shape index (κ2) is 15.5. The topological polar surface area (TPSA) is 126 Å². The minimum atomic E-state index is -4.71. The molecule has 0 aliphatic carbocycles. The molecular formula is C34H39F4N5O6S. The van der Waals surface area contributed by atoms with Crippen molar-refractivity contribution in [3.63, 3.8) is 0 Å². The van der Waals surface area contributed by atoms with E-state index in [2.05, 4.69) is 10.3 Å². The van der Waals surface area contributed by atoms with E-state index >= 15 is 0 Å². The van der Waals surface area contributed by atoms with Crippen molar-refractivity contribution in [2.45, 2.75) is 37.3 Å². The highest BCUT2D eigenvalue weighted by molar-refractivity contribution is 8.27. The molecule has 16 heteroatoms. The number of anilines is 2. The Morgan fingerprint density at radius 1 is 1.06 bits per heavy atom. The number of carbonyl (C=O) groups excluding carboxylic acids is 2. The maximum atomic E-state index is 14.5. The fourth-order valence-corrected chi connectivity index (χ4v) is 8.20. The van der Waals surface area contributed by atoms with Crippen molar-refractivity contribution in [2.75, 3.05) is 44.0 Å². The number of likely N-dealkylation sites (tertiary alicyclic amines) is 1. The van der Waals surface area contributed by atoms with E-state index in [0.717, 1.165) is 39.1 Å². The van der Waals surface area contributed by atoms with Crippen LogP contribution < -0.4 is 9.62 Å². The molecule has 2 unspecified atom stereocenters. The minimum absolute atomic E-state index is 0.106. The molecule has 2 atom stereocenters. The summed E-state index contributed by atoms with van der Waals surface area (Å²) in [6.45, 7) is 3.58. The third kappa shape index (κ3) is 7.87. The van der Waals surface area contributed by atoms with Crippen molar-refractivity contribution in [1.29, 1.82) is 0 Å². The van der Waals surface area contributed by atoms with Gasteiger partial charge < -0.3 is 19.9 Å². The van der Waals surface area contributed by atoms with Crippen LogP contribution in [0.4, 0.5) is 28.9 Å². The third-order valence-electron chi connectivity index (χ3n) is 8.74. The number of hydrogen-bond donors (Lipinski definition) is 2. The first-order chi connectivity index (χ1) is 23.6. The maximum absolute atomic E-state index is 14.5. The van der Waals surface area contributed by atoms with Crippen LogP contribution >= 0.6 is 10.8 Å². The number of amides is 2. The van der Waals surface area contributed by atoms with E-state index < -0.39 is 40.2 Å². The first kappa shape index (κ1) is 38.1. The average molecular weight is 722 g/mol. The summed E-state index contributed by atoms with van der Waals surface area (Å²) in [5, 5.41) is 9.31. The standard InChI is InChI=1S/C33H37F4N5O4S.CH2O2/c1-20-38-30-17-27(12-14-31(30)40(20)3)47(45-5,46-6)41(4)26-10-7-22(8-11-26)23-15-24(19-42(18-23)21(2)43)32(44)39-29-13-9-25(16-28(29)34)33(35,36)37;2-1-3/h7-14,16-17,23-24H,15,18-19H2,1-6H3,(H,39,44);1H,(H,2,3). The van der Waals surface area contributed by atoms with Gasteiger partial charge in [-0.3, -0.25) is 27.1 Å². The van der Waals surface area contributed by atoms with Gasteiger partial charge in [0.15, 0.2) is 0 Å². The van der Waals surface area contributed by atoms with Gasteiger partial charge in [0.25, 0.3) is 6.47 Å². The Morgan fingerprint density at radius 3 is 2.26 bits per heavy atom. The highest BCUT2D eigenvalue weighted by Gasteiger charge is 2.35. The van der Waals surface area contributed by atoms with Gasteiger partial charge in [0, 0.05) is 40.0 Å². The zero-order valence-electron chi connectivity index (χ0n) is 28.3. The Kier molecular flexibility index (Phi) is 11.8. The maximum Gasteiger partial charge on any atom is 0.416 e. The van der Waals surface area contributed by atoms with E-state index in [4.69, 9.17) is 18.3 Å². The molecule has 1 aromatic heterocycles. The fourth-order valence-electron chi connectivity index (χ4n) is 6.01. The molecule has 4 aromatic rings. The summed E-state index contributed by atoms with van der Waals surface area (Å²) in [4.78, 5) is 41.1. The van der Waals surface area contributed by atoms with Crippen molar-refractivity contribution in [3.05, 3.63) is 83.4 Å². The number of alkyl halides is 3. The largest absolute Gasteiger partial charge is 0.483 e. The molecule has 1 fully saturated rings. The Balaban J connectivity index is 0.00000181. The minimum Gasteiger partial charge on any atom is -0.483 e. The van der Waals surface area contributed by atoms with E-state index in [-0.39, 0.29) is 30.5 Å². The number of benzene rings is 3. The number of fused-ring (bicyclic) bond motifs is 1. The molecule has 2 heterocycles. The molecule has 1 aliphatic rings. The van der Waals surface area contributed by atoms with E-state index in [1.165, 1.54) is 6.92 Å². The highest BCUT2D eigenvalue weighted by Crippen LogP contribution is 2.60. The van der Waals surface area contributed by atoms with Crippen LogP contribution in [0.3, 0.4) is 0 Å². The van der Waals surface area contributed by atoms with Crippen LogP contribution in [-0.2, 0) is 36.0 Å². The molecule has 3 aromatic carbocycles. The van der Waals surface area contributed by atoms with Crippen LogP contribution in [-0.4, -0.2) is 72.2 Å². The van der Waals surface area contributed by atoms with Gasteiger partial charge in [-0.1, -0.05) is 22.9 Å². The molecule has 5 rings (SSSR count). The second-order valence-corrected chi connectivity index (χ2v) is 14.2. The first-order valence-corrected chi connectivity index (χ1v) is 16.8. The lowest BCUT2D eigenvalue weighted by Crippen LogP contribution is -2.46. The number of nitrogens with one attached hydrogen (secondary N) is 1. The Bertz CT molecular complexity index is 1850. The number of carbonyl (C=O) groups is 3. The lowest BCUT2D eigenvalue weighted by molar-refractivity contribution is -0.138. The van der Waals surface area contributed by atoms with Crippen LogP contribution in [0.15, 0.2) is 65.6 Å². The molecule has 2 amide bonds. The molecule has 0 radical (unpaired) electrons. The number of aryl methyl sites for hydroxylation is 2. The van der Waals surface area contributed by atoms with Crippen molar-refractivity contribution < 1.29 is 45.4 Å². The zero-order valence-corrected chi connectivity index (χ0v) is 29.1. The van der Waals surface area contributed by atoms with Crippen LogP contribution in [0, 0.1) is 18.7 Å². The summed E-state index contributed by atoms with van der Waals surface area (Å²) >= 11 is 0. The molecule has 1 aliphatic heterocycles. The van der Waals surface area contributed by atoms with Gasteiger partial charge in [-0.2, -0.15) is 13.2 Å². The summed E-state index contributed by atoms with van der Waals surface area (Å²) < 4.78 is 69.5. The molecule has 270 valence electrons. The second-order valence-electron chi connectivity index (χ2n) is 11.6. The summed E-state index contributed by atoms with van der Waals surface area (Å²) in [5.41, 5.74) is 1.99. The number of rotatable bonds is 8. The summed E-state index contributed by atoms with van der Waals surface area (Å²) in [5.74, 6) is -2.05. The monoisotopic (exact) mass is 721 g/mol. The van der Waals surface area contributed by atoms with Crippen molar-refractivity contribution >= 4 is 51.5 Å². The molecule has 50 heavy (non-hydrogen) atoms. The van der Waals surface area contributed by atoms with Crippen LogP contribution in [0.1, 0.15) is 36.2 Å². The molecular weight excluding hydrogens is 682 g/mol. The number of aromatic nitrogens is 2. The van der Waals surface area contributed by atoms with Gasteiger partial charge in [0.2, 0.25) is 11.8 Å². The highest BCUT2D eigenvalue weighted by atomic mass is 32.3. The van der Waals surface area contributed by atoms with E-state index in [0.29, 0.717) is 25.1 Å². The fraction of sp³-hybridized carbons (Fsp3) is 0.353. The Labute approximate surface area is 288 Å². The van der Waals surface area contributed by atoms with Crippen LogP contribution in [0.25, 0.3) is 11.0 Å². The molecule has 0 spiro atoms. The van der Waals surface area contributed by atoms with E-state index in [1.807, 2.05) is 72.4 Å². The Morgan fingerprint density at radius 2 is 1.70 bits per heavy atom. The van der Waals surface area contributed by atoms with Gasteiger partial charge in [-0.05, 0) is 67.4 Å². The molecule has 2 N–H and O–H groups in total. The predicted molar refractivity (Wildman–Crippen MR) is 182 cm³/mol. The normalized spacial score (nSPS) is 16.7.